The summed E-state index contributed by atoms with van der Waals surface area (Å²) in [6, 6.07) is 0. The van der Waals surface area contributed by atoms with Crippen LogP contribution >= 0.6 is 28.8 Å². The van der Waals surface area contributed by atoms with Crippen LogP contribution in [0, 0.1) is 0 Å². The predicted octanol–water partition coefficient (Wildman–Crippen LogP) is 0.791. The molecule has 0 amide bonds. The van der Waals surface area contributed by atoms with E-state index in [1.165, 1.54) is 0 Å². The van der Waals surface area contributed by atoms with E-state index in [1.807, 2.05) is 0 Å². The van der Waals surface area contributed by atoms with Gasteiger partial charge in [0.05, 0.1) is 0 Å². The van der Waals surface area contributed by atoms with Crippen LogP contribution < -0.4 is 11.0 Å². The standard InChI is InChI=1S/Cl2H5N2P/c1-5(2,3)4/h5H,3-4H2. The first-order valence-electron chi connectivity index (χ1n) is 0.955. The summed E-state index contributed by atoms with van der Waals surface area (Å²) in [6.45, 7) is 0. The van der Waals surface area contributed by atoms with E-state index in [0.29, 0.717) is 0 Å². The van der Waals surface area contributed by atoms with Gasteiger partial charge in [-0.1, -0.05) is 0 Å². The average Bonchev–Trinajstić information content (AvgIpc) is 0.722. The minimum atomic E-state index is -2.67. The molecule has 0 saturated heterocycles. The van der Waals surface area contributed by atoms with E-state index in [0.717, 1.165) is 0 Å². The van der Waals surface area contributed by atoms with Crippen molar-refractivity contribution in [2.45, 2.75) is 0 Å². The number of hydrogen-bond acceptors (Lipinski definition) is 2. The van der Waals surface area contributed by atoms with Gasteiger partial charge in [-0.25, -0.2) is 0 Å². The first-order valence-corrected chi connectivity index (χ1v) is 5.13. The molecule has 0 atom stereocenters. The van der Waals surface area contributed by atoms with E-state index in [2.05, 4.69) is 0 Å². The first-order chi connectivity index (χ1) is 2.00. The summed E-state index contributed by atoms with van der Waals surface area (Å²) in [6.07, 6.45) is -2.67. The molecule has 2 nitrogen and oxygen atoms in total. The minimum absolute atomic E-state index is 2.67. The fourth-order valence-corrected chi connectivity index (χ4v) is 0. The molecule has 4 N–H and O–H groups in total. The fourth-order valence-electron chi connectivity index (χ4n) is 0. The topological polar surface area (TPSA) is 52.0 Å². The molecule has 0 aliphatic heterocycles. The van der Waals surface area contributed by atoms with Crippen LogP contribution in [0.3, 0.4) is 0 Å². The third-order valence-electron chi connectivity index (χ3n) is 0. The van der Waals surface area contributed by atoms with Gasteiger partial charge in [0.25, 0.3) is 0 Å². The molecule has 0 bridgehead atoms. The Morgan fingerprint density at radius 1 is 1.20 bits per heavy atom. The molecule has 0 fully saturated rings. The van der Waals surface area contributed by atoms with E-state index in [-0.39, 0.29) is 0 Å². The van der Waals surface area contributed by atoms with Crippen molar-refractivity contribution in [1.82, 2.24) is 0 Å². The SMILES string of the molecule is N[PH](N)(Cl)Cl. The van der Waals surface area contributed by atoms with Crippen LogP contribution in [0.4, 0.5) is 0 Å². The molecule has 0 aromatic carbocycles. The summed E-state index contributed by atoms with van der Waals surface area (Å²) in [5.41, 5.74) is 9.60. The van der Waals surface area contributed by atoms with Crippen molar-refractivity contribution in [3.63, 3.8) is 0 Å². The molecule has 0 radical (unpaired) electrons. The quantitative estimate of drug-likeness (QED) is 0.482. The van der Waals surface area contributed by atoms with Crippen molar-refractivity contribution in [2.24, 2.45) is 11.0 Å². The van der Waals surface area contributed by atoms with Crippen LogP contribution in [0.2, 0.25) is 0 Å². The molecular formula is H5Cl2N2P. The molecule has 0 aromatic heterocycles. The maximum absolute atomic E-state index is 4.99. The fraction of sp³-hybridized carbons (Fsp3) is 0. The van der Waals surface area contributed by atoms with Crippen LogP contribution in [0.15, 0.2) is 0 Å². The maximum atomic E-state index is 4.99. The molecule has 0 aliphatic carbocycles. The molecule has 0 spiro atoms. The van der Waals surface area contributed by atoms with Crippen LogP contribution in [-0.2, 0) is 0 Å². The number of hydrogen-bond donors (Lipinski definition) is 2. The zero-order chi connectivity index (χ0) is 4.50. The molecule has 5 heavy (non-hydrogen) atoms. The van der Waals surface area contributed by atoms with E-state index in [4.69, 9.17) is 33.5 Å². The van der Waals surface area contributed by atoms with E-state index < -0.39 is 6.27 Å². The van der Waals surface area contributed by atoms with Gasteiger partial charge in [0.1, 0.15) is 0 Å². The van der Waals surface area contributed by atoms with E-state index in [9.17, 15) is 0 Å². The van der Waals surface area contributed by atoms with Gasteiger partial charge in [-0.05, 0) is 0 Å². The molecule has 0 unspecified atom stereocenters. The summed E-state index contributed by atoms with van der Waals surface area (Å²) >= 11 is 9.98. The second-order valence-corrected chi connectivity index (χ2v) is 6.36. The van der Waals surface area contributed by atoms with Crippen LogP contribution in [0.1, 0.15) is 0 Å². The average molecular weight is 135 g/mol. The summed E-state index contributed by atoms with van der Waals surface area (Å²) in [4.78, 5) is 0. The zero-order valence-corrected chi connectivity index (χ0v) is 4.92. The summed E-state index contributed by atoms with van der Waals surface area (Å²) in [7, 11) is 0. The number of nitrogens with two attached hydrogens (primary N) is 2. The molecular weight excluding hydrogens is 130 g/mol. The Hall–Kier alpha value is 0.930. The van der Waals surface area contributed by atoms with E-state index in [1.54, 1.807) is 0 Å². The molecule has 34 valence electrons. The van der Waals surface area contributed by atoms with Crippen LogP contribution in [-0.4, -0.2) is 0 Å². The van der Waals surface area contributed by atoms with Crippen molar-refractivity contribution < 1.29 is 0 Å². The van der Waals surface area contributed by atoms with E-state index >= 15 is 0 Å². The van der Waals surface area contributed by atoms with Gasteiger partial charge < -0.3 is 0 Å². The van der Waals surface area contributed by atoms with Gasteiger partial charge in [0, 0.05) is 0 Å². The summed E-state index contributed by atoms with van der Waals surface area (Å²) < 4.78 is 0. The van der Waals surface area contributed by atoms with Crippen molar-refractivity contribution in [3.8, 4) is 0 Å². The van der Waals surface area contributed by atoms with Gasteiger partial charge in [-0.3, -0.25) is 0 Å². The summed E-state index contributed by atoms with van der Waals surface area (Å²) in [5.74, 6) is 0. The Balaban J connectivity index is 3.02. The number of halogens is 2. The summed E-state index contributed by atoms with van der Waals surface area (Å²) in [5, 5.41) is 0. The third-order valence-corrected chi connectivity index (χ3v) is 0. The molecule has 0 aliphatic rings. The molecule has 5 heteroatoms. The number of rotatable bonds is 0. The van der Waals surface area contributed by atoms with Crippen molar-refractivity contribution in [2.75, 3.05) is 0 Å². The van der Waals surface area contributed by atoms with Crippen molar-refractivity contribution >= 4 is 28.8 Å². The van der Waals surface area contributed by atoms with Gasteiger partial charge in [0.15, 0.2) is 0 Å². The molecule has 0 aromatic rings. The first kappa shape index (κ1) is 5.93. The van der Waals surface area contributed by atoms with Gasteiger partial charge in [0.2, 0.25) is 0 Å². The monoisotopic (exact) mass is 134 g/mol. The second kappa shape index (κ2) is 1.59. The Kier molecular flexibility index (Phi) is 1.88. The Morgan fingerprint density at radius 3 is 1.20 bits per heavy atom. The van der Waals surface area contributed by atoms with Crippen LogP contribution in [0.5, 0.6) is 0 Å². The molecule has 0 rings (SSSR count). The molecule has 0 heterocycles. The van der Waals surface area contributed by atoms with Gasteiger partial charge >= 0.3 is 39.8 Å². The van der Waals surface area contributed by atoms with Crippen molar-refractivity contribution in [3.05, 3.63) is 0 Å². The normalized spacial score (nSPS) is 15.2. The second-order valence-electron chi connectivity index (χ2n) is 0.675. The zero-order valence-electron chi connectivity index (χ0n) is 2.41. The Morgan fingerprint density at radius 2 is 1.20 bits per heavy atom. The van der Waals surface area contributed by atoms with Crippen LogP contribution in [0.25, 0.3) is 0 Å². The predicted molar refractivity (Wildman–Crippen MR) is 28.4 cm³/mol. The molecule has 0 saturated carbocycles. The Labute approximate surface area is 40.4 Å². The van der Waals surface area contributed by atoms with Gasteiger partial charge in [-0.15, -0.1) is 0 Å². The van der Waals surface area contributed by atoms with Crippen molar-refractivity contribution in [1.29, 1.82) is 0 Å². The Bertz CT molecular complexity index is 23.1. The van der Waals surface area contributed by atoms with Gasteiger partial charge in [-0.2, -0.15) is 0 Å². The third kappa shape index (κ3) is 48.9.